The van der Waals surface area contributed by atoms with Crippen LogP contribution in [0.2, 0.25) is 0 Å². The quantitative estimate of drug-likeness (QED) is 0.660. The lowest BCUT2D eigenvalue weighted by Gasteiger charge is -2.37. The van der Waals surface area contributed by atoms with Crippen molar-refractivity contribution in [1.82, 2.24) is 15.3 Å². The highest BCUT2D eigenvalue weighted by Gasteiger charge is 2.47. The van der Waals surface area contributed by atoms with E-state index < -0.39 is 15.6 Å². The number of nitrogens with two attached hydrogens (primary N) is 1. The average molecular weight is 479 g/mol. The number of methoxy groups -OCH3 is 1. The number of primary sulfonamides is 1. The van der Waals surface area contributed by atoms with Crippen LogP contribution in [0.4, 0.5) is 0 Å². The van der Waals surface area contributed by atoms with E-state index in [1.165, 1.54) is 19.4 Å². The second kappa shape index (κ2) is 8.25. The van der Waals surface area contributed by atoms with E-state index in [2.05, 4.69) is 45.1 Å². The Morgan fingerprint density at radius 3 is 2.55 bits per heavy atom. The second-order valence-corrected chi connectivity index (χ2v) is 9.52. The first-order chi connectivity index (χ1) is 13.7. The van der Waals surface area contributed by atoms with Crippen LogP contribution in [-0.2, 0) is 22.0 Å². The summed E-state index contributed by atoms with van der Waals surface area (Å²) in [5.41, 5.74) is 0.729. The number of ether oxygens (including phenoxy) is 1. The summed E-state index contributed by atoms with van der Waals surface area (Å²) in [6, 6.07) is 7.73. The number of nitrogens with zero attached hydrogens (tertiary/aromatic N) is 2. The minimum atomic E-state index is -4.08. The van der Waals surface area contributed by atoms with Gasteiger partial charge in [0.05, 0.1) is 18.2 Å². The molecule has 1 aliphatic rings. The number of dihydropyridines is 1. The molecule has 1 atom stereocenters. The third-order valence-corrected chi connectivity index (χ3v) is 6.05. The SMILES string of the molecule is COc1nc(Br)cnc1C1(c2ccc(CC(C)C)cc2)NC=CC=C1S(N)(=O)=O. The van der Waals surface area contributed by atoms with Crippen molar-refractivity contribution in [3.8, 4) is 5.88 Å². The van der Waals surface area contributed by atoms with Crippen molar-refractivity contribution in [2.45, 2.75) is 25.8 Å². The normalized spacial score (nSPS) is 19.0. The summed E-state index contributed by atoms with van der Waals surface area (Å²) in [4.78, 5) is 8.74. The van der Waals surface area contributed by atoms with Crippen LogP contribution in [0.25, 0.3) is 0 Å². The zero-order valence-corrected chi connectivity index (χ0v) is 18.8. The van der Waals surface area contributed by atoms with Crippen LogP contribution in [0.5, 0.6) is 5.88 Å². The van der Waals surface area contributed by atoms with Crippen molar-refractivity contribution in [2.24, 2.45) is 11.1 Å². The zero-order chi connectivity index (χ0) is 21.2. The number of rotatable bonds is 6. The fourth-order valence-corrected chi connectivity index (χ4v) is 4.71. The molecule has 154 valence electrons. The lowest BCUT2D eigenvalue weighted by Crippen LogP contribution is -2.48. The van der Waals surface area contributed by atoms with Crippen LogP contribution in [0.3, 0.4) is 0 Å². The van der Waals surface area contributed by atoms with E-state index in [4.69, 9.17) is 9.88 Å². The molecule has 0 aliphatic carbocycles. The molecule has 1 aromatic heterocycles. The lowest BCUT2D eigenvalue weighted by atomic mass is 9.83. The number of sulfonamides is 1. The smallest absolute Gasteiger partial charge is 0.239 e. The standard InChI is InChI=1S/C20H23BrN4O3S/c1-13(2)11-14-6-8-15(9-7-14)20(16(29(22,26)27)5-4-10-24-20)18-19(28-3)25-17(21)12-23-18/h4-10,12-13,24H,11H2,1-3H3,(H2,22,26,27). The number of aromatic nitrogens is 2. The third kappa shape index (κ3) is 4.22. The number of benzene rings is 1. The maximum atomic E-state index is 12.6. The van der Waals surface area contributed by atoms with Gasteiger partial charge in [-0.25, -0.2) is 23.5 Å². The van der Waals surface area contributed by atoms with Crippen LogP contribution in [0, 0.1) is 5.92 Å². The van der Waals surface area contributed by atoms with E-state index in [1.54, 1.807) is 12.3 Å². The Bertz CT molecular complexity index is 1070. The molecule has 9 heteroatoms. The van der Waals surface area contributed by atoms with Gasteiger partial charge in [0.2, 0.25) is 15.9 Å². The van der Waals surface area contributed by atoms with Gasteiger partial charge in [-0.05, 0) is 57.7 Å². The molecule has 2 aromatic rings. The summed E-state index contributed by atoms with van der Waals surface area (Å²) in [6.45, 7) is 4.29. The monoisotopic (exact) mass is 478 g/mol. The summed E-state index contributed by atoms with van der Waals surface area (Å²) in [5.74, 6) is 0.686. The predicted molar refractivity (Wildman–Crippen MR) is 116 cm³/mol. The topological polar surface area (TPSA) is 107 Å². The maximum absolute atomic E-state index is 12.6. The van der Waals surface area contributed by atoms with E-state index in [9.17, 15) is 8.42 Å². The molecular weight excluding hydrogens is 456 g/mol. The molecule has 1 aliphatic heterocycles. The molecule has 7 nitrogen and oxygen atoms in total. The van der Waals surface area contributed by atoms with Crippen molar-refractivity contribution in [1.29, 1.82) is 0 Å². The van der Waals surface area contributed by atoms with Crippen molar-refractivity contribution >= 4 is 26.0 Å². The van der Waals surface area contributed by atoms with Crippen LogP contribution in [-0.4, -0.2) is 25.5 Å². The zero-order valence-electron chi connectivity index (χ0n) is 16.4. The van der Waals surface area contributed by atoms with Gasteiger partial charge in [0.1, 0.15) is 15.8 Å². The van der Waals surface area contributed by atoms with Crippen molar-refractivity contribution in [3.63, 3.8) is 0 Å². The molecule has 0 bridgehead atoms. The first-order valence-corrected chi connectivity index (χ1v) is 11.4. The lowest BCUT2D eigenvalue weighted by molar-refractivity contribution is 0.372. The number of hydrogen-bond donors (Lipinski definition) is 2. The summed E-state index contributed by atoms with van der Waals surface area (Å²) in [7, 11) is -2.62. The fraction of sp³-hybridized carbons (Fsp3) is 0.300. The molecule has 1 aromatic carbocycles. The molecule has 3 rings (SSSR count). The Morgan fingerprint density at radius 1 is 1.28 bits per heavy atom. The molecule has 0 spiro atoms. The second-order valence-electron chi connectivity index (χ2n) is 7.17. The minimum absolute atomic E-state index is 0.0426. The Kier molecular flexibility index (Phi) is 6.11. The van der Waals surface area contributed by atoms with Crippen LogP contribution in [0.15, 0.2) is 58.3 Å². The van der Waals surface area contributed by atoms with Gasteiger partial charge in [-0.2, -0.15) is 0 Å². The number of allylic oxidation sites excluding steroid dienone is 2. The molecule has 1 unspecified atom stereocenters. The average Bonchev–Trinajstić information content (AvgIpc) is 2.67. The molecule has 0 saturated heterocycles. The summed E-state index contributed by atoms with van der Waals surface area (Å²) in [5, 5.41) is 8.78. The molecule has 29 heavy (non-hydrogen) atoms. The van der Waals surface area contributed by atoms with Gasteiger partial charge >= 0.3 is 0 Å². The van der Waals surface area contributed by atoms with E-state index in [1.807, 2.05) is 24.3 Å². The highest BCUT2D eigenvalue weighted by molar-refractivity contribution is 9.10. The molecular formula is C20H23BrN4O3S. The van der Waals surface area contributed by atoms with E-state index in [-0.39, 0.29) is 10.8 Å². The van der Waals surface area contributed by atoms with Gasteiger partial charge in [-0.3, -0.25) is 0 Å². The van der Waals surface area contributed by atoms with E-state index >= 15 is 0 Å². The molecule has 0 fully saturated rings. The fourth-order valence-electron chi connectivity index (χ4n) is 3.47. The predicted octanol–water partition coefficient (Wildman–Crippen LogP) is 2.98. The van der Waals surface area contributed by atoms with Crippen LogP contribution in [0.1, 0.15) is 30.7 Å². The Labute approximate surface area is 179 Å². The number of halogens is 1. The summed E-state index contributed by atoms with van der Waals surface area (Å²) >= 11 is 3.28. The van der Waals surface area contributed by atoms with Gasteiger partial charge in [-0.1, -0.05) is 38.1 Å². The van der Waals surface area contributed by atoms with E-state index in [0.29, 0.717) is 21.8 Å². The Balaban J connectivity index is 2.29. The summed E-state index contributed by atoms with van der Waals surface area (Å²) in [6.07, 6.45) is 7.12. The third-order valence-electron chi connectivity index (χ3n) is 4.61. The molecule has 0 radical (unpaired) electrons. The maximum Gasteiger partial charge on any atom is 0.239 e. The first kappa shape index (κ1) is 21.5. The molecule has 0 amide bonds. The van der Waals surface area contributed by atoms with E-state index in [0.717, 1.165) is 12.0 Å². The van der Waals surface area contributed by atoms with Gasteiger partial charge in [-0.15, -0.1) is 0 Å². The Hall–Kier alpha value is -2.23. The van der Waals surface area contributed by atoms with Crippen LogP contribution >= 0.6 is 15.9 Å². The number of nitrogens with one attached hydrogen (secondary N) is 1. The number of hydrogen-bond acceptors (Lipinski definition) is 6. The van der Waals surface area contributed by atoms with Crippen molar-refractivity contribution in [3.05, 3.63) is 75.1 Å². The highest BCUT2D eigenvalue weighted by Crippen LogP contribution is 2.42. The van der Waals surface area contributed by atoms with Gasteiger partial charge in [0.25, 0.3) is 0 Å². The Morgan fingerprint density at radius 2 is 1.97 bits per heavy atom. The largest absolute Gasteiger partial charge is 0.480 e. The molecule has 0 saturated carbocycles. The molecule has 3 N–H and O–H groups in total. The molecule has 2 heterocycles. The highest BCUT2D eigenvalue weighted by atomic mass is 79.9. The van der Waals surface area contributed by atoms with Gasteiger partial charge < -0.3 is 10.1 Å². The van der Waals surface area contributed by atoms with Crippen molar-refractivity contribution in [2.75, 3.05) is 7.11 Å². The van der Waals surface area contributed by atoms with Gasteiger partial charge in [0, 0.05) is 0 Å². The van der Waals surface area contributed by atoms with Gasteiger partial charge in [0.15, 0.2) is 0 Å². The first-order valence-electron chi connectivity index (χ1n) is 9.02. The minimum Gasteiger partial charge on any atom is -0.480 e. The summed E-state index contributed by atoms with van der Waals surface area (Å²) < 4.78 is 31.0. The van der Waals surface area contributed by atoms with Crippen molar-refractivity contribution < 1.29 is 13.2 Å². The van der Waals surface area contributed by atoms with Crippen LogP contribution < -0.4 is 15.2 Å².